The molecule has 0 aliphatic heterocycles. The van der Waals surface area contributed by atoms with Crippen molar-refractivity contribution < 1.29 is 19.7 Å². The fraction of sp³-hybridized carbons (Fsp3) is 0.889. The Balaban J connectivity index is 2.35. The summed E-state index contributed by atoms with van der Waals surface area (Å²) in [6, 6.07) is -0.650. The molecule has 0 heterocycles. The number of carbonyl (C=O) groups excluding carboxylic acids is 1. The first-order chi connectivity index (χ1) is 6.54. The molecule has 1 aliphatic carbocycles. The van der Waals surface area contributed by atoms with E-state index in [4.69, 9.17) is 5.73 Å². The van der Waals surface area contributed by atoms with E-state index in [1.165, 1.54) is 7.11 Å². The molecular formula is C9H17NO4. The van der Waals surface area contributed by atoms with Gasteiger partial charge < -0.3 is 20.7 Å². The summed E-state index contributed by atoms with van der Waals surface area (Å²) in [6.07, 6.45) is 0.119. The van der Waals surface area contributed by atoms with E-state index in [1.807, 2.05) is 0 Å². The zero-order valence-electron chi connectivity index (χ0n) is 8.22. The molecule has 0 aromatic heterocycles. The summed E-state index contributed by atoms with van der Waals surface area (Å²) in [5.41, 5.74) is 5.56. The molecule has 0 aromatic rings. The van der Waals surface area contributed by atoms with Gasteiger partial charge in [-0.1, -0.05) is 0 Å². The van der Waals surface area contributed by atoms with Crippen molar-refractivity contribution in [3.05, 3.63) is 0 Å². The van der Waals surface area contributed by atoms with Crippen molar-refractivity contribution in [2.75, 3.05) is 7.11 Å². The Morgan fingerprint density at radius 2 is 2.00 bits per heavy atom. The normalized spacial score (nSPS) is 34.1. The van der Waals surface area contributed by atoms with Crippen molar-refractivity contribution in [3.63, 3.8) is 0 Å². The highest BCUT2D eigenvalue weighted by Gasteiger charge is 2.33. The number of esters is 1. The fourth-order valence-corrected chi connectivity index (χ4v) is 1.89. The van der Waals surface area contributed by atoms with E-state index < -0.39 is 24.2 Å². The molecule has 0 aromatic carbocycles. The summed E-state index contributed by atoms with van der Waals surface area (Å²) in [6.45, 7) is 0. The van der Waals surface area contributed by atoms with E-state index in [-0.39, 0.29) is 5.92 Å². The molecule has 0 radical (unpaired) electrons. The molecule has 4 atom stereocenters. The molecule has 1 rings (SSSR count). The molecule has 0 spiro atoms. The fourth-order valence-electron chi connectivity index (χ4n) is 1.89. The SMILES string of the molecule is COC(=O)[C@@H](N)CC1CC(O)[C@@H](O)C1. The third-order valence-corrected chi connectivity index (χ3v) is 2.69. The van der Waals surface area contributed by atoms with Gasteiger partial charge in [0.1, 0.15) is 6.04 Å². The standard InChI is InChI=1S/C9H17NO4/c1-14-9(13)6(10)2-5-3-7(11)8(12)4-5/h5-8,11-12H,2-4,10H2,1H3/t5?,6-,7-,8?/m0/s1. The number of aliphatic hydroxyl groups excluding tert-OH is 2. The summed E-state index contributed by atoms with van der Waals surface area (Å²) in [4.78, 5) is 11.0. The van der Waals surface area contributed by atoms with Gasteiger partial charge in [-0.25, -0.2) is 0 Å². The Hall–Kier alpha value is -0.650. The summed E-state index contributed by atoms with van der Waals surface area (Å²) in [5.74, 6) is -0.338. The Morgan fingerprint density at radius 3 is 2.43 bits per heavy atom. The van der Waals surface area contributed by atoms with Gasteiger partial charge in [0, 0.05) is 0 Å². The zero-order chi connectivity index (χ0) is 10.7. The molecule has 1 fully saturated rings. The van der Waals surface area contributed by atoms with Crippen molar-refractivity contribution in [3.8, 4) is 0 Å². The number of carbonyl (C=O) groups is 1. The van der Waals surface area contributed by atoms with Crippen molar-refractivity contribution in [2.24, 2.45) is 11.7 Å². The van der Waals surface area contributed by atoms with Gasteiger partial charge in [0.15, 0.2) is 0 Å². The number of aliphatic hydroxyl groups is 2. The Morgan fingerprint density at radius 1 is 1.50 bits per heavy atom. The zero-order valence-corrected chi connectivity index (χ0v) is 8.22. The molecule has 14 heavy (non-hydrogen) atoms. The van der Waals surface area contributed by atoms with Gasteiger partial charge in [-0.15, -0.1) is 0 Å². The van der Waals surface area contributed by atoms with Crippen LogP contribution in [0.1, 0.15) is 19.3 Å². The van der Waals surface area contributed by atoms with Crippen molar-refractivity contribution in [2.45, 2.75) is 37.5 Å². The third kappa shape index (κ3) is 2.67. The van der Waals surface area contributed by atoms with Gasteiger partial charge in [-0.3, -0.25) is 4.79 Å². The van der Waals surface area contributed by atoms with Crippen LogP contribution in [0.3, 0.4) is 0 Å². The van der Waals surface area contributed by atoms with E-state index >= 15 is 0 Å². The molecule has 82 valence electrons. The highest BCUT2D eigenvalue weighted by atomic mass is 16.5. The lowest BCUT2D eigenvalue weighted by Gasteiger charge is -2.13. The molecule has 1 saturated carbocycles. The van der Waals surface area contributed by atoms with Crippen LogP contribution in [-0.2, 0) is 9.53 Å². The number of methoxy groups -OCH3 is 1. The number of nitrogens with two attached hydrogens (primary N) is 1. The molecule has 5 heteroatoms. The maximum Gasteiger partial charge on any atom is 0.322 e. The summed E-state index contributed by atoms with van der Waals surface area (Å²) >= 11 is 0. The van der Waals surface area contributed by atoms with E-state index in [0.29, 0.717) is 19.3 Å². The molecule has 0 bridgehead atoms. The van der Waals surface area contributed by atoms with Crippen LogP contribution in [0.15, 0.2) is 0 Å². The maximum absolute atomic E-state index is 11.0. The first-order valence-corrected chi connectivity index (χ1v) is 4.74. The second-order valence-corrected chi connectivity index (χ2v) is 3.84. The number of rotatable bonds is 3. The van der Waals surface area contributed by atoms with Gasteiger partial charge in [0.05, 0.1) is 19.3 Å². The first-order valence-electron chi connectivity index (χ1n) is 4.74. The van der Waals surface area contributed by atoms with Crippen LogP contribution >= 0.6 is 0 Å². The van der Waals surface area contributed by atoms with Crippen LogP contribution < -0.4 is 5.73 Å². The van der Waals surface area contributed by atoms with Crippen molar-refractivity contribution in [1.29, 1.82) is 0 Å². The lowest BCUT2D eigenvalue weighted by atomic mass is 9.99. The van der Waals surface area contributed by atoms with E-state index in [1.54, 1.807) is 0 Å². The maximum atomic E-state index is 11.0. The molecule has 1 aliphatic rings. The molecule has 2 unspecified atom stereocenters. The molecule has 4 N–H and O–H groups in total. The Kier molecular flexibility index (Phi) is 3.86. The summed E-state index contributed by atoms with van der Waals surface area (Å²) < 4.78 is 4.49. The molecule has 5 nitrogen and oxygen atoms in total. The topological polar surface area (TPSA) is 92.8 Å². The van der Waals surface area contributed by atoms with Crippen LogP contribution in [0, 0.1) is 5.92 Å². The van der Waals surface area contributed by atoms with Crippen LogP contribution in [0.4, 0.5) is 0 Å². The monoisotopic (exact) mass is 203 g/mol. The van der Waals surface area contributed by atoms with Gasteiger partial charge in [0.25, 0.3) is 0 Å². The van der Waals surface area contributed by atoms with Gasteiger partial charge >= 0.3 is 5.97 Å². The van der Waals surface area contributed by atoms with Gasteiger partial charge in [-0.05, 0) is 25.2 Å². The number of hydrogen-bond acceptors (Lipinski definition) is 5. The van der Waals surface area contributed by atoms with E-state index in [9.17, 15) is 15.0 Å². The quantitative estimate of drug-likeness (QED) is 0.512. The van der Waals surface area contributed by atoms with E-state index in [2.05, 4.69) is 4.74 Å². The van der Waals surface area contributed by atoms with Crippen molar-refractivity contribution >= 4 is 5.97 Å². The van der Waals surface area contributed by atoms with Gasteiger partial charge in [-0.2, -0.15) is 0 Å². The Labute approximate surface area is 82.9 Å². The Bertz CT molecular complexity index is 199. The first kappa shape index (κ1) is 11.4. The second-order valence-electron chi connectivity index (χ2n) is 3.84. The predicted octanol–water partition coefficient (Wildman–Crippen LogP) is -0.991. The summed E-state index contributed by atoms with van der Waals surface area (Å²) in [7, 11) is 1.29. The third-order valence-electron chi connectivity index (χ3n) is 2.69. The van der Waals surface area contributed by atoms with Gasteiger partial charge in [0.2, 0.25) is 0 Å². The molecule has 0 saturated heterocycles. The minimum Gasteiger partial charge on any atom is -0.468 e. The minimum atomic E-state index is -0.676. The largest absolute Gasteiger partial charge is 0.468 e. The summed E-state index contributed by atoms with van der Waals surface area (Å²) in [5, 5.41) is 18.5. The highest BCUT2D eigenvalue weighted by Crippen LogP contribution is 2.29. The second kappa shape index (κ2) is 4.72. The smallest absolute Gasteiger partial charge is 0.322 e. The number of hydrogen-bond donors (Lipinski definition) is 3. The lowest BCUT2D eigenvalue weighted by molar-refractivity contribution is -0.142. The van der Waals surface area contributed by atoms with Crippen molar-refractivity contribution in [1.82, 2.24) is 0 Å². The average Bonchev–Trinajstić information content (AvgIpc) is 2.44. The van der Waals surface area contributed by atoms with Crippen LogP contribution in [0.2, 0.25) is 0 Å². The van der Waals surface area contributed by atoms with Crippen LogP contribution in [-0.4, -0.2) is 41.5 Å². The lowest BCUT2D eigenvalue weighted by Crippen LogP contribution is -2.33. The molecule has 0 amide bonds. The highest BCUT2D eigenvalue weighted by molar-refractivity contribution is 5.75. The minimum absolute atomic E-state index is 0.106. The predicted molar refractivity (Wildman–Crippen MR) is 49.3 cm³/mol. The number of ether oxygens (including phenoxy) is 1. The molecular weight excluding hydrogens is 186 g/mol. The van der Waals surface area contributed by atoms with Crippen LogP contribution in [0.25, 0.3) is 0 Å². The average molecular weight is 203 g/mol. The van der Waals surface area contributed by atoms with Crippen LogP contribution in [0.5, 0.6) is 0 Å². The van der Waals surface area contributed by atoms with E-state index in [0.717, 1.165) is 0 Å².